The van der Waals surface area contributed by atoms with Crippen molar-refractivity contribution in [3.05, 3.63) is 42.5 Å². The Hall–Kier alpha value is -1.55. The number of nitrogens with one attached hydrogen (secondary N) is 2. The number of morpholine rings is 1. The number of furan rings is 1. The molecular weight excluding hydrogens is 362 g/mol. The maximum Gasteiger partial charge on any atom is 0.272 e. The van der Waals surface area contributed by atoms with Crippen LogP contribution in [0, 0.1) is 0 Å². The second-order valence-electron chi connectivity index (χ2n) is 5.51. The number of nitrogens with zero attached hydrogens (tertiary/aromatic N) is 1. The van der Waals surface area contributed by atoms with Crippen molar-refractivity contribution in [3.8, 4) is 0 Å². The lowest BCUT2D eigenvalue weighted by Gasteiger charge is -2.25. The van der Waals surface area contributed by atoms with Gasteiger partial charge in [0, 0.05) is 24.9 Å². The van der Waals surface area contributed by atoms with E-state index in [2.05, 4.69) is 10.3 Å². The summed E-state index contributed by atoms with van der Waals surface area (Å²) in [5.74, 6) is 3.52. The highest BCUT2D eigenvalue weighted by Crippen LogP contribution is 2.16. The lowest BCUT2D eigenvalue weighted by Crippen LogP contribution is -2.40. The molecule has 2 N–H and O–H groups in total. The maximum atomic E-state index is 12.5. The molecule has 0 bridgehead atoms. The molecule has 0 atom stereocenters. The summed E-state index contributed by atoms with van der Waals surface area (Å²) in [5.41, 5.74) is 0. The number of hydrogen-bond donors (Lipinski definition) is 1. The van der Waals surface area contributed by atoms with Crippen LogP contribution in [-0.2, 0) is 20.5 Å². The van der Waals surface area contributed by atoms with Crippen LogP contribution in [0.5, 0.6) is 0 Å². The molecule has 1 aliphatic rings. The zero-order chi connectivity index (χ0) is 17.5. The van der Waals surface area contributed by atoms with Crippen molar-refractivity contribution in [1.82, 2.24) is 4.31 Å². The number of anilines is 1. The van der Waals surface area contributed by atoms with Crippen molar-refractivity contribution in [2.24, 2.45) is 0 Å². The Kier molecular flexibility index (Phi) is 6.35. The second kappa shape index (κ2) is 8.70. The lowest BCUT2D eigenvalue weighted by molar-refractivity contribution is -0.364. The summed E-state index contributed by atoms with van der Waals surface area (Å²) in [7, 11) is -3.45. The van der Waals surface area contributed by atoms with Crippen LogP contribution in [0.4, 0.5) is 5.82 Å². The third-order valence-corrected chi connectivity index (χ3v) is 6.65. The average Bonchev–Trinajstić information content (AvgIpc) is 3.16. The standard InChI is InChI=1S/C16H21N3O4S2/c20-25(21,19-6-9-22-10-7-19)15-3-4-16(18-12-15)17-5-11-24-13-14-2-1-8-23-14/h1-4,8,12H,5-7,9-11,13H2,(H,17,18)/p+1. The number of ether oxygens (including phenoxy) is 1. The van der Waals surface area contributed by atoms with Gasteiger partial charge in [-0.15, -0.1) is 11.8 Å². The first-order valence-electron chi connectivity index (χ1n) is 8.10. The molecule has 1 fully saturated rings. The quantitative estimate of drug-likeness (QED) is 0.694. The van der Waals surface area contributed by atoms with Crippen LogP contribution in [0.3, 0.4) is 0 Å². The molecule has 1 aliphatic heterocycles. The summed E-state index contributed by atoms with van der Waals surface area (Å²) < 4.78 is 37.0. The normalized spacial score (nSPS) is 16.0. The topological polar surface area (TPSA) is 85.9 Å². The van der Waals surface area contributed by atoms with Gasteiger partial charge in [-0.1, -0.05) is 0 Å². The summed E-state index contributed by atoms with van der Waals surface area (Å²) in [6.45, 7) is 2.46. The van der Waals surface area contributed by atoms with Gasteiger partial charge in [-0.2, -0.15) is 4.31 Å². The van der Waals surface area contributed by atoms with Gasteiger partial charge in [0.05, 0.1) is 31.8 Å². The number of sulfonamides is 1. The number of aromatic amines is 1. The Morgan fingerprint density at radius 1 is 1.24 bits per heavy atom. The van der Waals surface area contributed by atoms with Crippen molar-refractivity contribution < 1.29 is 22.6 Å². The van der Waals surface area contributed by atoms with Gasteiger partial charge in [0.15, 0.2) is 0 Å². The first kappa shape index (κ1) is 18.2. The molecule has 2 aromatic heterocycles. The fourth-order valence-corrected chi connectivity index (χ4v) is 4.57. The van der Waals surface area contributed by atoms with E-state index in [-0.39, 0.29) is 4.90 Å². The zero-order valence-corrected chi connectivity index (χ0v) is 15.4. The molecule has 2 aromatic rings. The minimum absolute atomic E-state index is 0.271. The van der Waals surface area contributed by atoms with Crippen molar-refractivity contribution in [2.75, 3.05) is 43.9 Å². The number of hydrogen-bond acceptors (Lipinski definition) is 6. The van der Waals surface area contributed by atoms with Crippen molar-refractivity contribution in [3.63, 3.8) is 0 Å². The Morgan fingerprint density at radius 3 is 2.76 bits per heavy atom. The SMILES string of the molecule is O=S(=O)(c1ccc(NCCSCc2ccco2)[nH+]c1)N1CCOCC1. The third-order valence-electron chi connectivity index (χ3n) is 3.78. The maximum absolute atomic E-state index is 12.5. The van der Waals surface area contributed by atoms with Gasteiger partial charge in [0.2, 0.25) is 10.0 Å². The van der Waals surface area contributed by atoms with E-state index in [0.717, 1.165) is 29.6 Å². The van der Waals surface area contributed by atoms with E-state index in [1.807, 2.05) is 12.1 Å². The molecule has 0 aliphatic carbocycles. The van der Waals surface area contributed by atoms with Gasteiger partial charge in [-0.3, -0.25) is 5.32 Å². The van der Waals surface area contributed by atoms with Crippen LogP contribution in [0.25, 0.3) is 0 Å². The van der Waals surface area contributed by atoms with Crippen molar-refractivity contribution in [2.45, 2.75) is 10.6 Å². The van der Waals surface area contributed by atoms with Gasteiger partial charge in [0.1, 0.15) is 16.9 Å². The molecule has 1 saturated heterocycles. The molecule has 0 spiro atoms. The Labute approximate surface area is 151 Å². The first-order chi connectivity index (χ1) is 12.2. The molecule has 0 amide bonds. The predicted octanol–water partition coefficient (Wildman–Crippen LogP) is 1.46. The molecule has 7 nitrogen and oxygen atoms in total. The minimum atomic E-state index is -3.45. The van der Waals surface area contributed by atoms with E-state index < -0.39 is 10.0 Å². The minimum Gasteiger partial charge on any atom is -0.468 e. The summed E-state index contributed by atoms with van der Waals surface area (Å²) in [6, 6.07) is 7.22. The number of thioether (sulfide) groups is 1. The highest BCUT2D eigenvalue weighted by Gasteiger charge is 2.27. The number of pyridine rings is 1. The van der Waals surface area contributed by atoms with Gasteiger partial charge in [-0.25, -0.2) is 13.4 Å². The Bertz CT molecular complexity index is 742. The molecular formula is C16H22N3O4S2+. The van der Waals surface area contributed by atoms with Crippen molar-refractivity contribution in [1.29, 1.82) is 0 Å². The molecule has 3 heterocycles. The number of H-pyrrole nitrogens is 1. The fourth-order valence-electron chi connectivity index (χ4n) is 2.44. The molecule has 136 valence electrons. The van der Waals surface area contributed by atoms with E-state index in [1.54, 1.807) is 30.2 Å². The summed E-state index contributed by atoms with van der Waals surface area (Å²) in [4.78, 5) is 3.28. The van der Waals surface area contributed by atoms with Crippen molar-refractivity contribution >= 4 is 27.6 Å². The van der Waals surface area contributed by atoms with Gasteiger partial charge in [0.25, 0.3) is 5.82 Å². The average molecular weight is 385 g/mol. The lowest BCUT2D eigenvalue weighted by atomic mass is 10.4. The van der Waals surface area contributed by atoms with E-state index in [4.69, 9.17) is 9.15 Å². The molecule has 0 radical (unpaired) electrons. The molecule has 0 unspecified atom stereocenters. The van der Waals surface area contributed by atoms with Crippen LogP contribution in [0.15, 0.2) is 46.0 Å². The highest BCUT2D eigenvalue weighted by molar-refractivity contribution is 7.98. The predicted molar refractivity (Wildman–Crippen MR) is 95.9 cm³/mol. The molecule has 0 aromatic carbocycles. The van der Waals surface area contributed by atoms with Crippen LogP contribution in [-0.4, -0.2) is 51.3 Å². The second-order valence-corrected chi connectivity index (χ2v) is 8.56. The highest BCUT2D eigenvalue weighted by atomic mass is 32.2. The molecule has 0 saturated carbocycles. The molecule has 3 rings (SSSR count). The van der Waals surface area contributed by atoms with Gasteiger partial charge >= 0.3 is 0 Å². The van der Waals surface area contributed by atoms with E-state index in [0.29, 0.717) is 26.3 Å². The number of aromatic nitrogens is 1. The van der Waals surface area contributed by atoms with Gasteiger partial charge < -0.3 is 9.15 Å². The van der Waals surface area contributed by atoms with E-state index in [1.165, 1.54) is 10.5 Å². The fraction of sp³-hybridized carbons (Fsp3) is 0.438. The van der Waals surface area contributed by atoms with Crippen LogP contribution in [0.1, 0.15) is 5.76 Å². The Balaban J connectivity index is 1.46. The monoisotopic (exact) mass is 384 g/mol. The summed E-state index contributed by atoms with van der Waals surface area (Å²) in [6.07, 6.45) is 3.21. The van der Waals surface area contributed by atoms with Crippen LogP contribution in [0.2, 0.25) is 0 Å². The van der Waals surface area contributed by atoms with E-state index >= 15 is 0 Å². The van der Waals surface area contributed by atoms with E-state index in [9.17, 15) is 8.42 Å². The number of rotatable bonds is 8. The largest absolute Gasteiger partial charge is 0.468 e. The summed E-state index contributed by atoms with van der Waals surface area (Å²) >= 11 is 1.77. The summed E-state index contributed by atoms with van der Waals surface area (Å²) in [5, 5.41) is 3.25. The molecule has 25 heavy (non-hydrogen) atoms. The van der Waals surface area contributed by atoms with Crippen LogP contribution >= 0.6 is 11.8 Å². The molecule has 9 heteroatoms. The van der Waals surface area contributed by atoms with Crippen LogP contribution < -0.4 is 10.3 Å². The first-order valence-corrected chi connectivity index (χ1v) is 10.7. The third kappa shape index (κ3) is 4.97. The smallest absolute Gasteiger partial charge is 0.272 e. The Morgan fingerprint density at radius 2 is 2.08 bits per heavy atom. The van der Waals surface area contributed by atoms with Gasteiger partial charge in [-0.05, 0) is 18.2 Å². The zero-order valence-electron chi connectivity index (χ0n) is 13.8.